The van der Waals surface area contributed by atoms with Gasteiger partial charge in [-0.3, -0.25) is 5.01 Å². The Morgan fingerprint density at radius 1 is 0.647 bits per heavy atom. The van der Waals surface area contributed by atoms with E-state index in [0.29, 0.717) is 0 Å². The molecule has 3 nitrogen and oxygen atoms in total. The lowest BCUT2D eigenvalue weighted by Gasteiger charge is -2.39. The molecular formula is C31H25N3. The molecule has 1 aromatic heterocycles. The maximum atomic E-state index is 4.90. The van der Waals surface area contributed by atoms with E-state index in [2.05, 4.69) is 138 Å². The quantitative estimate of drug-likeness (QED) is 0.296. The van der Waals surface area contributed by atoms with Crippen molar-refractivity contribution in [2.24, 2.45) is 0 Å². The van der Waals surface area contributed by atoms with Crippen LogP contribution in [0, 0.1) is 6.92 Å². The van der Waals surface area contributed by atoms with Crippen LogP contribution in [-0.4, -0.2) is 9.66 Å². The van der Waals surface area contributed by atoms with Gasteiger partial charge in [-0.25, -0.2) is 9.66 Å². The predicted octanol–water partition coefficient (Wildman–Crippen LogP) is 7.16. The van der Waals surface area contributed by atoms with Gasteiger partial charge in [-0.1, -0.05) is 103 Å². The molecule has 1 aliphatic heterocycles. The largest absolute Gasteiger partial charge is 0.268 e. The summed E-state index contributed by atoms with van der Waals surface area (Å²) in [6.07, 6.45) is 4.67. The molecule has 6 rings (SSSR count). The average Bonchev–Trinajstić information content (AvgIpc) is 3.24. The second-order valence-corrected chi connectivity index (χ2v) is 8.54. The minimum atomic E-state index is -0.00656. The summed E-state index contributed by atoms with van der Waals surface area (Å²) in [6.45, 7) is 2.08. The van der Waals surface area contributed by atoms with Crippen molar-refractivity contribution in [1.29, 1.82) is 0 Å². The van der Waals surface area contributed by atoms with Gasteiger partial charge in [-0.15, -0.1) is 0 Å². The van der Waals surface area contributed by atoms with Crippen molar-refractivity contribution in [2.45, 2.75) is 13.0 Å². The molecule has 0 aliphatic carbocycles. The molecule has 2 heterocycles. The SMILES string of the molecule is Cc1nc2ccccc2n1N1C(c2ccccc2)=CC(c2ccccc2)=CC1c1ccccc1. The number of para-hydroxylation sites is 2. The Morgan fingerprint density at radius 2 is 1.24 bits per heavy atom. The molecule has 0 amide bonds. The lowest BCUT2D eigenvalue weighted by atomic mass is 9.92. The molecule has 0 saturated carbocycles. The van der Waals surface area contributed by atoms with Gasteiger partial charge in [-0.05, 0) is 53.5 Å². The molecule has 164 valence electrons. The van der Waals surface area contributed by atoms with Crippen LogP contribution in [0.2, 0.25) is 0 Å². The van der Waals surface area contributed by atoms with Crippen molar-refractivity contribution >= 4 is 22.3 Å². The number of hydrogen-bond acceptors (Lipinski definition) is 2. The third-order valence-corrected chi connectivity index (χ3v) is 6.37. The van der Waals surface area contributed by atoms with Crippen molar-refractivity contribution in [3.05, 3.63) is 150 Å². The molecule has 4 aromatic carbocycles. The molecule has 1 unspecified atom stereocenters. The number of allylic oxidation sites excluding steroid dienone is 2. The van der Waals surface area contributed by atoms with Crippen molar-refractivity contribution in [2.75, 3.05) is 5.01 Å². The maximum absolute atomic E-state index is 4.90. The highest BCUT2D eigenvalue weighted by Crippen LogP contribution is 2.39. The van der Waals surface area contributed by atoms with Crippen molar-refractivity contribution in [3.63, 3.8) is 0 Å². The van der Waals surface area contributed by atoms with Crippen LogP contribution in [0.3, 0.4) is 0 Å². The van der Waals surface area contributed by atoms with E-state index in [1.165, 1.54) is 22.3 Å². The van der Waals surface area contributed by atoms with Crippen molar-refractivity contribution in [3.8, 4) is 0 Å². The second-order valence-electron chi connectivity index (χ2n) is 8.54. The molecule has 1 atom stereocenters. The third-order valence-electron chi connectivity index (χ3n) is 6.37. The van der Waals surface area contributed by atoms with E-state index in [1.54, 1.807) is 0 Å². The Bertz CT molecular complexity index is 1500. The van der Waals surface area contributed by atoms with Crippen LogP contribution in [-0.2, 0) is 0 Å². The van der Waals surface area contributed by atoms with Crippen LogP contribution >= 0.6 is 0 Å². The number of hydrogen-bond donors (Lipinski definition) is 0. The van der Waals surface area contributed by atoms with E-state index < -0.39 is 0 Å². The predicted molar refractivity (Wildman–Crippen MR) is 141 cm³/mol. The second kappa shape index (κ2) is 8.53. The van der Waals surface area contributed by atoms with Crippen LogP contribution in [0.5, 0.6) is 0 Å². The zero-order chi connectivity index (χ0) is 22.9. The number of benzene rings is 4. The fraction of sp³-hybridized carbons (Fsp3) is 0.0645. The molecule has 0 bridgehead atoms. The normalized spacial score (nSPS) is 15.8. The van der Waals surface area contributed by atoms with Crippen LogP contribution < -0.4 is 5.01 Å². The van der Waals surface area contributed by atoms with E-state index >= 15 is 0 Å². The van der Waals surface area contributed by atoms with Crippen LogP contribution in [0.25, 0.3) is 22.3 Å². The molecule has 0 spiro atoms. The highest BCUT2D eigenvalue weighted by molar-refractivity contribution is 5.91. The Hall–Kier alpha value is -4.37. The van der Waals surface area contributed by atoms with E-state index in [9.17, 15) is 0 Å². The topological polar surface area (TPSA) is 21.1 Å². The minimum Gasteiger partial charge on any atom is -0.268 e. The Kier molecular flexibility index (Phi) is 5.08. The van der Waals surface area contributed by atoms with Gasteiger partial charge in [0.05, 0.1) is 22.8 Å². The van der Waals surface area contributed by atoms with E-state index in [0.717, 1.165) is 22.6 Å². The summed E-state index contributed by atoms with van der Waals surface area (Å²) >= 11 is 0. The minimum absolute atomic E-state index is 0.00656. The van der Waals surface area contributed by atoms with Gasteiger partial charge in [0.2, 0.25) is 0 Å². The number of aromatic nitrogens is 2. The first-order chi connectivity index (χ1) is 16.8. The van der Waals surface area contributed by atoms with Gasteiger partial charge < -0.3 is 0 Å². The summed E-state index contributed by atoms with van der Waals surface area (Å²) in [5, 5.41) is 2.39. The summed E-state index contributed by atoms with van der Waals surface area (Å²) in [6, 6.07) is 40.3. The molecule has 1 aliphatic rings. The molecule has 0 fully saturated rings. The van der Waals surface area contributed by atoms with E-state index in [1.807, 2.05) is 6.07 Å². The standard InChI is InChI=1S/C31H25N3/c1-23-32-28-19-11-12-20-29(28)33(23)34-30(25-15-7-3-8-16-25)21-27(24-13-5-2-6-14-24)22-31(34)26-17-9-4-10-18-26/h2-22,30H,1H3. The molecule has 5 aromatic rings. The number of rotatable bonds is 4. The first kappa shape index (κ1) is 20.3. The fourth-order valence-corrected chi connectivity index (χ4v) is 4.81. The summed E-state index contributed by atoms with van der Waals surface area (Å²) < 4.78 is 2.27. The van der Waals surface area contributed by atoms with Crippen LogP contribution in [0.4, 0.5) is 0 Å². The van der Waals surface area contributed by atoms with Crippen molar-refractivity contribution in [1.82, 2.24) is 9.66 Å². The van der Waals surface area contributed by atoms with Crippen LogP contribution in [0.1, 0.15) is 28.6 Å². The summed E-state index contributed by atoms with van der Waals surface area (Å²) in [7, 11) is 0. The Labute approximate surface area is 199 Å². The lowest BCUT2D eigenvalue weighted by molar-refractivity contribution is 0.634. The zero-order valence-corrected chi connectivity index (χ0v) is 19.0. The summed E-state index contributed by atoms with van der Waals surface area (Å²) in [5.41, 5.74) is 8.06. The molecule has 34 heavy (non-hydrogen) atoms. The van der Waals surface area contributed by atoms with Crippen LogP contribution in [0.15, 0.2) is 127 Å². The smallest absolute Gasteiger partial charge is 0.126 e. The number of fused-ring (bicyclic) bond motifs is 1. The molecule has 0 saturated heterocycles. The van der Waals surface area contributed by atoms with Gasteiger partial charge in [0.1, 0.15) is 5.82 Å². The molecule has 0 radical (unpaired) electrons. The molecule has 3 heteroatoms. The maximum Gasteiger partial charge on any atom is 0.126 e. The number of aryl methyl sites for hydroxylation is 1. The molecule has 0 N–H and O–H groups in total. The monoisotopic (exact) mass is 439 g/mol. The Morgan fingerprint density at radius 3 is 1.94 bits per heavy atom. The summed E-state index contributed by atoms with van der Waals surface area (Å²) in [4.78, 5) is 4.90. The van der Waals surface area contributed by atoms with Gasteiger partial charge in [0.25, 0.3) is 0 Å². The van der Waals surface area contributed by atoms with E-state index in [-0.39, 0.29) is 6.04 Å². The molecular weight excluding hydrogens is 414 g/mol. The summed E-state index contributed by atoms with van der Waals surface area (Å²) in [5.74, 6) is 0.959. The lowest BCUT2D eigenvalue weighted by Crippen LogP contribution is -2.38. The Balaban J connectivity index is 1.64. The number of nitrogens with zero attached hydrogens (tertiary/aromatic N) is 3. The third kappa shape index (κ3) is 3.52. The number of imidazole rings is 1. The highest BCUT2D eigenvalue weighted by Gasteiger charge is 2.30. The average molecular weight is 440 g/mol. The van der Waals surface area contributed by atoms with Gasteiger partial charge in [0, 0.05) is 0 Å². The highest BCUT2D eigenvalue weighted by atomic mass is 15.6. The van der Waals surface area contributed by atoms with E-state index in [4.69, 9.17) is 4.98 Å². The first-order valence-corrected chi connectivity index (χ1v) is 11.6. The fourth-order valence-electron chi connectivity index (χ4n) is 4.81. The first-order valence-electron chi connectivity index (χ1n) is 11.6. The van der Waals surface area contributed by atoms with Gasteiger partial charge in [-0.2, -0.15) is 0 Å². The van der Waals surface area contributed by atoms with Gasteiger partial charge in [0.15, 0.2) is 0 Å². The van der Waals surface area contributed by atoms with Gasteiger partial charge >= 0.3 is 0 Å². The zero-order valence-electron chi connectivity index (χ0n) is 19.0. The van der Waals surface area contributed by atoms with Crippen molar-refractivity contribution < 1.29 is 0 Å².